The Morgan fingerprint density at radius 2 is 1.97 bits per heavy atom. The molecule has 0 saturated carbocycles. The molecule has 0 aliphatic carbocycles. The Kier molecular flexibility index (Phi) is 6.77. The van der Waals surface area contributed by atoms with Crippen molar-refractivity contribution in [3.05, 3.63) is 93.3 Å². The van der Waals surface area contributed by atoms with E-state index in [1.54, 1.807) is 10.8 Å². The second-order valence-corrected chi connectivity index (χ2v) is 9.16. The molecule has 9 heteroatoms. The maximum absolute atomic E-state index is 12.4. The van der Waals surface area contributed by atoms with Crippen LogP contribution in [0.15, 0.2) is 65.7 Å². The summed E-state index contributed by atoms with van der Waals surface area (Å²) in [6, 6.07) is 15.9. The number of tetrazole rings is 1. The van der Waals surface area contributed by atoms with Crippen LogP contribution in [-0.4, -0.2) is 35.2 Å². The van der Waals surface area contributed by atoms with Crippen LogP contribution in [0.25, 0.3) is 33.8 Å². The lowest BCUT2D eigenvalue weighted by Crippen LogP contribution is -2.19. The summed E-state index contributed by atoms with van der Waals surface area (Å²) in [6.45, 7) is 4.65. The number of pyridine rings is 1. The van der Waals surface area contributed by atoms with Crippen molar-refractivity contribution in [2.75, 3.05) is 0 Å². The van der Waals surface area contributed by atoms with E-state index in [2.05, 4.69) is 38.6 Å². The van der Waals surface area contributed by atoms with Crippen LogP contribution in [0.3, 0.4) is 0 Å². The van der Waals surface area contributed by atoms with Crippen molar-refractivity contribution in [2.45, 2.75) is 39.7 Å². The molecule has 0 radical (unpaired) electrons. The zero-order valence-electron chi connectivity index (χ0n) is 20.1. The van der Waals surface area contributed by atoms with Crippen LogP contribution < -0.4 is 5.69 Å². The number of hydrogen-bond donors (Lipinski definition) is 2. The highest BCUT2D eigenvalue weighted by molar-refractivity contribution is 6.33. The van der Waals surface area contributed by atoms with E-state index in [9.17, 15) is 4.79 Å². The standard InChI is InChI=1S/C27H26ClN7O/c1-3-4-7-20-15-30-27(36)35(20)16-18-9-12-24(29-14-18)22-13-19(25-17(2)6-5-8-23(25)28)10-11-21(22)26-31-33-34-32-26/h5-6,8-15H,3-4,7,16H2,1-2H3,(H,30,36)(H,31,32,33,34). The first-order valence-corrected chi connectivity index (χ1v) is 12.3. The van der Waals surface area contributed by atoms with E-state index in [4.69, 9.17) is 16.6 Å². The maximum atomic E-state index is 12.4. The molecule has 2 N–H and O–H groups in total. The van der Waals surface area contributed by atoms with Gasteiger partial charge in [0.2, 0.25) is 5.82 Å². The number of nitrogens with one attached hydrogen (secondary N) is 2. The van der Waals surface area contributed by atoms with Gasteiger partial charge in [0.1, 0.15) is 0 Å². The lowest BCUT2D eigenvalue weighted by molar-refractivity contribution is 0.677. The van der Waals surface area contributed by atoms with E-state index in [1.165, 1.54) is 0 Å². The van der Waals surface area contributed by atoms with Crippen molar-refractivity contribution in [2.24, 2.45) is 0 Å². The van der Waals surface area contributed by atoms with Crippen LogP contribution in [0.2, 0.25) is 5.02 Å². The third-order valence-corrected chi connectivity index (χ3v) is 6.61. The normalized spacial score (nSPS) is 11.2. The van der Waals surface area contributed by atoms with Crippen molar-refractivity contribution in [3.63, 3.8) is 0 Å². The van der Waals surface area contributed by atoms with Gasteiger partial charge < -0.3 is 4.98 Å². The molecule has 0 saturated heterocycles. The van der Waals surface area contributed by atoms with E-state index >= 15 is 0 Å². The first-order chi connectivity index (χ1) is 17.5. The minimum absolute atomic E-state index is 0.104. The number of benzene rings is 2. The van der Waals surface area contributed by atoms with E-state index in [0.717, 1.165) is 64.0 Å². The van der Waals surface area contributed by atoms with Gasteiger partial charge in [0.25, 0.3) is 0 Å². The van der Waals surface area contributed by atoms with Gasteiger partial charge in [0.15, 0.2) is 0 Å². The van der Waals surface area contributed by atoms with E-state index in [1.807, 2.05) is 55.6 Å². The highest BCUT2D eigenvalue weighted by atomic mass is 35.5. The molecule has 8 nitrogen and oxygen atoms in total. The Morgan fingerprint density at radius 3 is 2.69 bits per heavy atom. The largest absolute Gasteiger partial charge is 0.326 e. The Balaban J connectivity index is 1.53. The number of halogens is 1. The molecule has 0 spiro atoms. The summed E-state index contributed by atoms with van der Waals surface area (Å²) in [5.74, 6) is 0.484. The van der Waals surface area contributed by atoms with Crippen molar-refractivity contribution in [1.82, 2.24) is 35.2 Å². The van der Waals surface area contributed by atoms with Gasteiger partial charge in [0, 0.05) is 39.8 Å². The smallest absolute Gasteiger partial charge is 0.312 e. The summed E-state index contributed by atoms with van der Waals surface area (Å²) < 4.78 is 1.78. The summed E-state index contributed by atoms with van der Waals surface area (Å²) in [4.78, 5) is 19.9. The van der Waals surface area contributed by atoms with Crippen molar-refractivity contribution < 1.29 is 0 Å². The highest BCUT2D eigenvalue weighted by Gasteiger charge is 2.16. The maximum Gasteiger partial charge on any atom is 0.326 e. The second kappa shape index (κ2) is 10.3. The molecule has 5 rings (SSSR count). The molecule has 3 aromatic heterocycles. The molecule has 0 bridgehead atoms. The summed E-state index contributed by atoms with van der Waals surface area (Å²) in [5, 5.41) is 15.3. The number of aryl methyl sites for hydroxylation is 2. The topological polar surface area (TPSA) is 105 Å². The molecule has 182 valence electrons. The quantitative estimate of drug-likeness (QED) is 0.296. The Bertz CT molecular complexity index is 1520. The molecule has 2 aromatic carbocycles. The fraction of sp³-hybridized carbons (Fsp3) is 0.222. The molecule has 5 aromatic rings. The number of aromatic amines is 2. The lowest BCUT2D eigenvalue weighted by atomic mass is 9.94. The van der Waals surface area contributed by atoms with Gasteiger partial charge in [-0.15, -0.1) is 10.2 Å². The molecule has 0 aliphatic heterocycles. The monoisotopic (exact) mass is 499 g/mol. The number of H-pyrrole nitrogens is 2. The van der Waals surface area contributed by atoms with Gasteiger partial charge in [-0.3, -0.25) is 9.55 Å². The number of aromatic nitrogens is 7. The van der Waals surface area contributed by atoms with Crippen LogP contribution in [-0.2, 0) is 13.0 Å². The molecule has 0 unspecified atom stereocenters. The predicted octanol–water partition coefficient (Wildman–Crippen LogP) is 5.44. The van der Waals surface area contributed by atoms with Crippen LogP contribution in [0.1, 0.15) is 36.6 Å². The first-order valence-electron chi connectivity index (χ1n) is 11.9. The van der Waals surface area contributed by atoms with Gasteiger partial charge in [-0.2, -0.15) is 5.21 Å². The van der Waals surface area contributed by atoms with Gasteiger partial charge in [-0.05, 0) is 65.9 Å². The fourth-order valence-corrected chi connectivity index (χ4v) is 4.74. The van der Waals surface area contributed by atoms with Crippen LogP contribution in [0.4, 0.5) is 0 Å². The molecular formula is C27H26ClN7O. The third kappa shape index (κ3) is 4.72. The molecule has 0 aliphatic rings. The Hall–Kier alpha value is -4.04. The molecular weight excluding hydrogens is 474 g/mol. The van der Waals surface area contributed by atoms with Crippen molar-refractivity contribution >= 4 is 11.6 Å². The number of imidazole rings is 1. The Morgan fingerprint density at radius 1 is 1.08 bits per heavy atom. The van der Waals surface area contributed by atoms with Gasteiger partial charge >= 0.3 is 5.69 Å². The molecule has 0 atom stereocenters. The number of rotatable bonds is 8. The Labute approximate surface area is 213 Å². The van der Waals surface area contributed by atoms with Gasteiger partial charge in [0.05, 0.1) is 12.2 Å². The van der Waals surface area contributed by atoms with E-state index in [0.29, 0.717) is 17.4 Å². The van der Waals surface area contributed by atoms with Crippen LogP contribution in [0.5, 0.6) is 0 Å². The summed E-state index contributed by atoms with van der Waals surface area (Å²) in [7, 11) is 0. The highest BCUT2D eigenvalue weighted by Crippen LogP contribution is 2.37. The predicted molar refractivity (Wildman–Crippen MR) is 141 cm³/mol. The summed E-state index contributed by atoms with van der Waals surface area (Å²) in [5.41, 5.74) is 7.31. The molecule has 3 heterocycles. The van der Waals surface area contributed by atoms with Gasteiger partial charge in [-0.1, -0.05) is 49.2 Å². The average molecular weight is 500 g/mol. The molecule has 0 fully saturated rings. The van der Waals surface area contributed by atoms with Gasteiger partial charge in [-0.25, -0.2) is 4.79 Å². The minimum atomic E-state index is -0.104. The number of hydrogen-bond acceptors (Lipinski definition) is 5. The van der Waals surface area contributed by atoms with E-state index < -0.39 is 0 Å². The summed E-state index contributed by atoms with van der Waals surface area (Å²) >= 11 is 6.56. The zero-order chi connectivity index (χ0) is 25.1. The summed E-state index contributed by atoms with van der Waals surface area (Å²) in [6.07, 6.45) is 6.59. The minimum Gasteiger partial charge on any atom is -0.312 e. The van der Waals surface area contributed by atoms with Crippen LogP contribution >= 0.6 is 11.6 Å². The van der Waals surface area contributed by atoms with Crippen LogP contribution in [0, 0.1) is 6.92 Å². The lowest BCUT2D eigenvalue weighted by Gasteiger charge is -2.13. The first kappa shape index (κ1) is 23.7. The molecule has 36 heavy (non-hydrogen) atoms. The van der Waals surface area contributed by atoms with Crippen molar-refractivity contribution in [3.8, 4) is 33.8 Å². The average Bonchev–Trinajstić information content (AvgIpc) is 3.54. The zero-order valence-corrected chi connectivity index (χ0v) is 20.9. The SMILES string of the molecule is CCCCc1c[nH]c(=O)n1Cc1ccc(-c2cc(-c3c(C)cccc3Cl)ccc2-c2nn[nH]n2)nc1. The van der Waals surface area contributed by atoms with Crippen molar-refractivity contribution in [1.29, 1.82) is 0 Å². The van der Waals surface area contributed by atoms with E-state index in [-0.39, 0.29) is 5.69 Å². The third-order valence-electron chi connectivity index (χ3n) is 6.30. The fourth-order valence-electron chi connectivity index (χ4n) is 4.41. The molecule has 0 amide bonds. The number of nitrogens with zero attached hydrogens (tertiary/aromatic N) is 5. The number of unbranched alkanes of at least 4 members (excludes halogenated alkanes) is 1. The second-order valence-electron chi connectivity index (χ2n) is 8.75.